The highest BCUT2D eigenvalue weighted by Crippen LogP contribution is 2.28. The van der Waals surface area contributed by atoms with E-state index in [0.29, 0.717) is 24.3 Å². The van der Waals surface area contributed by atoms with Gasteiger partial charge >= 0.3 is 0 Å². The molecular formula is C22H25N3O4S. The molecule has 8 heteroatoms. The molecule has 1 heterocycles. The number of rotatable bonds is 5. The maximum atomic E-state index is 13.2. The summed E-state index contributed by atoms with van der Waals surface area (Å²) in [5, 5.41) is 9.11. The van der Waals surface area contributed by atoms with Crippen molar-refractivity contribution in [3.8, 4) is 11.8 Å². The fourth-order valence-electron chi connectivity index (χ4n) is 3.53. The molecule has 30 heavy (non-hydrogen) atoms. The van der Waals surface area contributed by atoms with Gasteiger partial charge in [0, 0.05) is 25.8 Å². The summed E-state index contributed by atoms with van der Waals surface area (Å²) in [5.41, 5.74) is 1.11. The van der Waals surface area contributed by atoms with Gasteiger partial charge in [0.15, 0.2) is 0 Å². The van der Waals surface area contributed by atoms with Crippen molar-refractivity contribution in [2.45, 2.75) is 30.6 Å². The molecular weight excluding hydrogens is 402 g/mol. The topological polar surface area (TPSA) is 90.7 Å². The van der Waals surface area contributed by atoms with Crippen molar-refractivity contribution in [3.63, 3.8) is 0 Å². The highest BCUT2D eigenvalue weighted by atomic mass is 32.2. The molecule has 3 rings (SSSR count). The molecule has 0 N–H and O–H groups in total. The highest BCUT2D eigenvalue weighted by Gasteiger charge is 2.28. The van der Waals surface area contributed by atoms with Crippen LogP contribution in [0.15, 0.2) is 47.4 Å². The monoisotopic (exact) mass is 427 g/mol. The smallest absolute Gasteiger partial charge is 0.261 e. The fraction of sp³-hybridized carbons (Fsp3) is 0.364. The Balaban J connectivity index is 1.98. The van der Waals surface area contributed by atoms with Crippen molar-refractivity contribution >= 4 is 21.6 Å². The summed E-state index contributed by atoms with van der Waals surface area (Å²) in [6.07, 6.45) is 3.70. The maximum absolute atomic E-state index is 13.2. The van der Waals surface area contributed by atoms with E-state index in [9.17, 15) is 13.2 Å². The average molecular weight is 428 g/mol. The van der Waals surface area contributed by atoms with Crippen LogP contribution in [-0.4, -0.2) is 45.9 Å². The van der Waals surface area contributed by atoms with Gasteiger partial charge < -0.3 is 9.64 Å². The summed E-state index contributed by atoms with van der Waals surface area (Å²) in [5.74, 6) is -0.132. The zero-order valence-electron chi connectivity index (χ0n) is 17.2. The van der Waals surface area contributed by atoms with E-state index in [2.05, 4.69) is 0 Å². The van der Waals surface area contributed by atoms with Crippen molar-refractivity contribution in [3.05, 3.63) is 53.6 Å². The molecule has 1 amide bonds. The molecule has 0 saturated carbocycles. The highest BCUT2D eigenvalue weighted by molar-refractivity contribution is 7.89. The van der Waals surface area contributed by atoms with Gasteiger partial charge in [-0.1, -0.05) is 18.9 Å². The minimum absolute atomic E-state index is 0.0766. The maximum Gasteiger partial charge on any atom is 0.261 e. The summed E-state index contributed by atoms with van der Waals surface area (Å²) >= 11 is 0. The van der Waals surface area contributed by atoms with E-state index in [1.807, 2.05) is 6.07 Å². The van der Waals surface area contributed by atoms with Crippen LogP contribution in [0.3, 0.4) is 0 Å². The third kappa shape index (κ3) is 4.48. The molecule has 2 aromatic rings. The van der Waals surface area contributed by atoms with Crippen LogP contribution in [-0.2, 0) is 10.0 Å². The fourth-order valence-corrected chi connectivity index (χ4v) is 5.07. The molecule has 7 nitrogen and oxygen atoms in total. The Morgan fingerprint density at radius 1 is 1.10 bits per heavy atom. The van der Waals surface area contributed by atoms with Gasteiger partial charge in [-0.05, 0) is 49.2 Å². The summed E-state index contributed by atoms with van der Waals surface area (Å²) in [4.78, 5) is 14.6. The number of nitrogens with zero attached hydrogens (tertiary/aromatic N) is 3. The standard InChI is InChI=1S/C22H25N3O4S/c1-24(18-9-7-8-17(14-18)16-23)22(26)20-15-19(10-11-21(20)29-2)30(27,28)25-12-5-3-4-6-13-25/h7-11,14-15H,3-6,12-13H2,1-2H3. The molecule has 1 aliphatic rings. The molecule has 0 spiro atoms. The Kier molecular flexibility index (Phi) is 6.75. The van der Waals surface area contributed by atoms with Crippen LogP contribution in [0.25, 0.3) is 0 Å². The largest absolute Gasteiger partial charge is 0.496 e. The number of benzene rings is 2. The number of sulfonamides is 1. The van der Waals surface area contributed by atoms with Crippen molar-refractivity contribution < 1.29 is 17.9 Å². The Bertz CT molecular complexity index is 1070. The predicted molar refractivity (Wildman–Crippen MR) is 114 cm³/mol. The normalized spacial score (nSPS) is 15.1. The van der Waals surface area contributed by atoms with E-state index in [0.717, 1.165) is 25.7 Å². The lowest BCUT2D eigenvalue weighted by atomic mass is 10.1. The Labute approximate surface area is 177 Å². The van der Waals surface area contributed by atoms with Crippen LogP contribution >= 0.6 is 0 Å². The van der Waals surface area contributed by atoms with Crippen molar-refractivity contribution in [1.82, 2.24) is 4.31 Å². The van der Waals surface area contributed by atoms with E-state index in [1.54, 1.807) is 31.3 Å². The number of anilines is 1. The predicted octanol–water partition coefficient (Wildman–Crippen LogP) is 3.41. The second-order valence-corrected chi connectivity index (χ2v) is 9.14. The van der Waals surface area contributed by atoms with Crippen molar-refractivity contribution in [1.29, 1.82) is 5.26 Å². The number of amides is 1. The Hall–Kier alpha value is -2.89. The van der Waals surface area contributed by atoms with Crippen LogP contribution in [0, 0.1) is 11.3 Å². The lowest BCUT2D eigenvalue weighted by Crippen LogP contribution is -2.32. The van der Waals surface area contributed by atoms with Crippen LogP contribution in [0.2, 0.25) is 0 Å². The first kappa shape index (κ1) is 21.8. The molecule has 0 radical (unpaired) electrons. The molecule has 0 atom stereocenters. The third-order valence-corrected chi connectivity index (χ3v) is 7.17. The van der Waals surface area contributed by atoms with E-state index in [4.69, 9.17) is 10.00 Å². The molecule has 2 aromatic carbocycles. The number of nitriles is 1. The number of hydrogen-bond donors (Lipinski definition) is 0. The molecule has 0 aromatic heterocycles. The van der Waals surface area contributed by atoms with Gasteiger partial charge in [-0.2, -0.15) is 9.57 Å². The van der Waals surface area contributed by atoms with Crippen molar-refractivity contribution in [2.24, 2.45) is 0 Å². The zero-order valence-corrected chi connectivity index (χ0v) is 18.0. The van der Waals surface area contributed by atoms with Gasteiger partial charge in [0.1, 0.15) is 5.75 Å². The molecule has 1 fully saturated rings. The van der Waals surface area contributed by atoms with Crippen molar-refractivity contribution in [2.75, 3.05) is 32.1 Å². The first-order valence-electron chi connectivity index (χ1n) is 9.85. The Morgan fingerprint density at radius 3 is 2.43 bits per heavy atom. The molecule has 0 aliphatic carbocycles. The second-order valence-electron chi connectivity index (χ2n) is 7.21. The number of carbonyl (C=O) groups excluding carboxylic acids is 1. The van der Waals surface area contributed by atoms with Crippen LogP contribution in [0.4, 0.5) is 5.69 Å². The number of methoxy groups -OCH3 is 1. The number of hydrogen-bond acceptors (Lipinski definition) is 5. The molecule has 1 aliphatic heterocycles. The van der Waals surface area contributed by atoms with E-state index < -0.39 is 15.9 Å². The van der Waals surface area contributed by atoms with Gasteiger partial charge in [0.05, 0.1) is 29.2 Å². The van der Waals surface area contributed by atoms with Crippen LogP contribution in [0.5, 0.6) is 5.75 Å². The van der Waals surface area contributed by atoms with E-state index in [1.165, 1.54) is 34.5 Å². The molecule has 0 unspecified atom stereocenters. The molecule has 1 saturated heterocycles. The molecule has 158 valence electrons. The average Bonchev–Trinajstić information content (AvgIpc) is 3.08. The van der Waals surface area contributed by atoms with E-state index >= 15 is 0 Å². The van der Waals surface area contributed by atoms with Crippen LogP contribution < -0.4 is 9.64 Å². The summed E-state index contributed by atoms with van der Waals surface area (Å²) in [7, 11) is -0.690. The third-order valence-electron chi connectivity index (χ3n) is 5.27. The summed E-state index contributed by atoms with van der Waals surface area (Å²) < 4.78 is 33.1. The lowest BCUT2D eigenvalue weighted by molar-refractivity contribution is 0.0990. The number of ether oxygens (including phenoxy) is 1. The van der Waals surface area contributed by atoms with Gasteiger partial charge in [-0.15, -0.1) is 0 Å². The quantitative estimate of drug-likeness (QED) is 0.729. The zero-order chi connectivity index (χ0) is 21.7. The SMILES string of the molecule is COc1ccc(S(=O)(=O)N2CCCCCC2)cc1C(=O)N(C)c1cccc(C#N)c1. The first-order chi connectivity index (χ1) is 14.4. The summed E-state index contributed by atoms with van der Waals surface area (Å²) in [6, 6.07) is 13.1. The van der Waals surface area contributed by atoms with Crippen LogP contribution in [0.1, 0.15) is 41.6 Å². The van der Waals surface area contributed by atoms with Gasteiger partial charge in [-0.3, -0.25) is 4.79 Å². The second kappa shape index (κ2) is 9.28. The van der Waals surface area contributed by atoms with E-state index in [-0.39, 0.29) is 16.2 Å². The Morgan fingerprint density at radius 2 is 1.80 bits per heavy atom. The number of carbonyl (C=O) groups is 1. The minimum atomic E-state index is -3.70. The lowest BCUT2D eigenvalue weighted by Gasteiger charge is -2.22. The molecule has 0 bridgehead atoms. The summed E-state index contributed by atoms with van der Waals surface area (Å²) in [6.45, 7) is 0.969. The van der Waals surface area contributed by atoms with Gasteiger partial charge in [-0.25, -0.2) is 8.42 Å². The van der Waals surface area contributed by atoms with Gasteiger partial charge in [0.25, 0.3) is 5.91 Å². The minimum Gasteiger partial charge on any atom is -0.496 e. The first-order valence-corrected chi connectivity index (χ1v) is 11.3. The van der Waals surface area contributed by atoms with Gasteiger partial charge in [0.2, 0.25) is 10.0 Å².